The fraction of sp³-hybridized carbons (Fsp3) is 0.409. The van der Waals surface area contributed by atoms with Gasteiger partial charge in [-0.15, -0.1) is 0 Å². The summed E-state index contributed by atoms with van der Waals surface area (Å²) in [4.78, 5) is 10.9. The molecular weight excluding hydrogens is 394 g/mol. The van der Waals surface area contributed by atoms with Crippen molar-refractivity contribution in [3.63, 3.8) is 0 Å². The summed E-state index contributed by atoms with van der Waals surface area (Å²) < 4.78 is 32.8. The summed E-state index contributed by atoms with van der Waals surface area (Å²) in [5.74, 6) is -1.45. The van der Waals surface area contributed by atoms with E-state index in [1.165, 1.54) is 6.07 Å². The predicted molar refractivity (Wildman–Crippen MR) is 112 cm³/mol. The molecule has 2 N–H and O–H groups in total. The van der Waals surface area contributed by atoms with E-state index in [2.05, 4.69) is 0 Å². The molecule has 2 aromatic carbocycles. The quantitative estimate of drug-likeness (QED) is 0.552. The Morgan fingerprint density at radius 1 is 1.17 bits per heavy atom. The third-order valence-electron chi connectivity index (χ3n) is 4.75. The third kappa shape index (κ3) is 6.23. The normalized spacial score (nSPS) is 14.4. The van der Waals surface area contributed by atoms with Crippen LogP contribution >= 0.6 is 7.37 Å². The standard InChI is InChI=1S/C22H28FO5P/c1-5-28-29(27,12-18(24)11-22(25)26)13-20-15(3)8-14(2)9-19(20)17-6-7-21(23)16(4)10-17/h6-10,18,24H,5,11-13H2,1-4H3,(H,25,26). The molecule has 0 bridgehead atoms. The van der Waals surface area contributed by atoms with Gasteiger partial charge >= 0.3 is 5.97 Å². The molecule has 0 heterocycles. The van der Waals surface area contributed by atoms with Crippen LogP contribution in [0.2, 0.25) is 0 Å². The lowest BCUT2D eigenvalue weighted by Gasteiger charge is -2.23. The molecule has 0 saturated carbocycles. The van der Waals surface area contributed by atoms with Crippen LogP contribution in [0.5, 0.6) is 0 Å². The molecule has 0 fully saturated rings. The van der Waals surface area contributed by atoms with E-state index in [1.807, 2.05) is 26.0 Å². The number of aliphatic carboxylic acids is 1. The van der Waals surface area contributed by atoms with Gasteiger partial charge in [0.1, 0.15) is 5.82 Å². The van der Waals surface area contributed by atoms with Gasteiger partial charge in [-0.05, 0) is 67.6 Å². The van der Waals surface area contributed by atoms with Crippen molar-refractivity contribution in [1.29, 1.82) is 0 Å². The number of benzene rings is 2. The zero-order valence-corrected chi connectivity index (χ0v) is 18.1. The fourth-order valence-electron chi connectivity index (χ4n) is 3.50. The zero-order valence-electron chi connectivity index (χ0n) is 17.2. The second-order valence-corrected chi connectivity index (χ2v) is 9.97. The number of halogens is 1. The molecule has 158 valence electrons. The first-order valence-corrected chi connectivity index (χ1v) is 11.5. The highest BCUT2D eigenvalue weighted by Crippen LogP contribution is 2.52. The van der Waals surface area contributed by atoms with E-state index in [0.29, 0.717) is 5.56 Å². The maximum atomic E-state index is 13.8. The third-order valence-corrected chi connectivity index (χ3v) is 7.25. The minimum absolute atomic E-state index is 0.0649. The van der Waals surface area contributed by atoms with Crippen LogP contribution in [0.1, 0.15) is 35.6 Å². The van der Waals surface area contributed by atoms with Crippen LogP contribution in [-0.2, 0) is 20.0 Å². The highest BCUT2D eigenvalue weighted by molar-refractivity contribution is 7.58. The van der Waals surface area contributed by atoms with E-state index in [-0.39, 0.29) is 24.7 Å². The molecule has 29 heavy (non-hydrogen) atoms. The zero-order chi connectivity index (χ0) is 21.8. The SMILES string of the molecule is CCOP(=O)(Cc1c(C)cc(C)cc1-c1ccc(F)c(C)c1)CC(O)CC(=O)O. The van der Waals surface area contributed by atoms with E-state index in [9.17, 15) is 18.9 Å². The second-order valence-electron chi connectivity index (χ2n) is 7.40. The lowest BCUT2D eigenvalue weighted by Crippen LogP contribution is -2.19. The van der Waals surface area contributed by atoms with Crippen LogP contribution < -0.4 is 0 Å². The van der Waals surface area contributed by atoms with Crippen LogP contribution in [0, 0.1) is 26.6 Å². The highest BCUT2D eigenvalue weighted by atomic mass is 31.2. The fourth-order valence-corrected chi connectivity index (χ4v) is 5.97. The van der Waals surface area contributed by atoms with Gasteiger partial charge in [0.2, 0.25) is 7.37 Å². The van der Waals surface area contributed by atoms with Crippen molar-refractivity contribution in [2.45, 2.75) is 46.4 Å². The molecule has 0 amide bonds. The Morgan fingerprint density at radius 3 is 2.45 bits per heavy atom. The van der Waals surface area contributed by atoms with Crippen LogP contribution in [-0.4, -0.2) is 35.1 Å². The first-order chi connectivity index (χ1) is 13.5. The van der Waals surface area contributed by atoms with Crippen LogP contribution in [0.4, 0.5) is 4.39 Å². The molecule has 2 atom stereocenters. The average Bonchev–Trinajstić information content (AvgIpc) is 2.58. The summed E-state index contributed by atoms with van der Waals surface area (Å²) >= 11 is 0. The molecule has 0 saturated heterocycles. The molecule has 0 radical (unpaired) electrons. The van der Waals surface area contributed by atoms with E-state index in [4.69, 9.17) is 9.63 Å². The Bertz CT molecular complexity index is 941. The number of carboxylic acid groups (broad SMARTS) is 1. The monoisotopic (exact) mass is 422 g/mol. The number of rotatable bonds is 9. The number of carbonyl (C=O) groups is 1. The molecular formula is C22H28FO5P. The van der Waals surface area contributed by atoms with Gasteiger partial charge < -0.3 is 14.7 Å². The van der Waals surface area contributed by atoms with Gasteiger partial charge in [-0.1, -0.05) is 23.8 Å². The molecule has 0 aromatic heterocycles. The number of aryl methyl sites for hydroxylation is 3. The molecule has 0 aliphatic carbocycles. The number of hydrogen-bond acceptors (Lipinski definition) is 4. The molecule has 2 rings (SSSR count). The van der Waals surface area contributed by atoms with Crippen molar-refractivity contribution in [1.82, 2.24) is 0 Å². The Labute approximate surface area is 171 Å². The van der Waals surface area contributed by atoms with E-state index < -0.39 is 25.9 Å². The average molecular weight is 422 g/mol. The van der Waals surface area contributed by atoms with Crippen LogP contribution in [0.25, 0.3) is 11.1 Å². The Hall–Kier alpha value is -2.01. The van der Waals surface area contributed by atoms with Crippen molar-refractivity contribution in [2.75, 3.05) is 12.8 Å². The van der Waals surface area contributed by atoms with Gasteiger partial charge in [0.15, 0.2) is 0 Å². The summed E-state index contributed by atoms with van der Waals surface area (Å²) in [6, 6.07) is 8.77. The maximum Gasteiger partial charge on any atom is 0.305 e. The summed E-state index contributed by atoms with van der Waals surface area (Å²) in [6.07, 6.45) is -1.92. The molecule has 0 spiro atoms. The highest BCUT2D eigenvalue weighted by Gasteiger charge is 2.30. The smallest absolute Gasteiger partial charge is 0.305 e. The van der Waals surface area contributed by atoms with Crippen molar-refractivity contribution in [2.24, 2.45) is 0 Å². The lowest BCUT2D eigenvalue weighted by molar-refractivity contribution is -0.138. The summed E-state index contributed by atoms with van der Waals surface area (Å²) in [5.41, 5.74) is 4.87. The minimum atomic E-state index is -3.35. The number of hydrogen-bond donors (Lipinski definition) is 2. The van der Waals surface area contributed by atoms with Gasteiger partial charge in [-0.25, -0.2) is 4.39 Å². The van der Waals surface area contributed by atoms with Crippen molar-refractivity contribution >= 4 is 13.3 Å². The molecule has 0 aliphatic heterocycles. The van der Waals surface area contributed by atoms with Gasteiger partial charge in [-0.2, -0.15) is 0 Å². The van der Waals surface area contributed by atoms with Gasteiger partial charge in [0.25, 0.3) is 0 Å². The number of carboxylic acids is 1. The van der Waals surface area contributed by atoms with Crippen molar-refractivity contribution < 1.29 is 28.5 Å². The Balaban J connectivity index is 2.50. The topological polar surface area (TPSA) is 83.8 Å². The number of aliphatic hydroxyl groups is 1. The molecule has 2 aromatic rings. The second kappa shape index (κ2) is 9.66. The number of aliphatic hydroxyl groups excluding tert-OH is 1. The summed E-state index contributed by atoms with van der Waals surface area (Å²) in [7, 11) is -3.35. The molecule has 7 heteroatoms. The summed E-state index contributed by atoms with van der Waals surface area (Å²) in [6.45, 7) is 7.45. The first kappa shape index (κ1) is 23.3. The van der Waals surface area contributed by atoms with Crippen LogP contribution in [0.3, 0.4) is 0 Å². The van der Waals surface area contributed by atoms with Gasteiger partial charge in [0, 0.05) is 0 Å². The molecule has 2 unspecified atom stereocenters. The first-order valence-electron chi connectivity index (χ1n) is 9.53. The minimum Gasteiger partial charge on any atom is -0.481 e. The Kier molecular flexibility index (Phi) is 7.75. The van der Waals surface area contributed by atoms with E-state index in [0.717, 1.165) is 27.8 Å². The van der Waals surface area contributed by atoms with Crippen molar-refractivity contribution in [3.8, 4) is 11.1 Å². The van der Waals surface area contributed by atoms with Crippen molar-refractivity contribution in [3.05, 3.63) is 58.4 Å². The van der Waals surface area contributed by atoms with E-state index in [1.54, 1.807) is 26.0 Å². The molecule has 0 aliphatic rings. The predicted octanol–water partition coefficient (Wildman–Crippen LogP) is 5.07. The Morgan fingerprint density at radius 2 is 1.86 bits per heavy atom. The lowest BCUT2D eigenvalue weighted by atomic mass is 9.94. The van der Waals surface area contributed by atoms with Crippen LogP contribution in [0.15, 0.2) is 30.3 Å². The van der Waals surface area contributed by atoms with Gasteiger partial charge in [-0.3, -0.25) is 9.36 Å². The van der Waals surface area contributed by atoms with Gasteiger partial charge in [0.05, 0.1) is 31.5 Å². The summed E-state index contributed by atoms with van der Waals surface area (Å²) in [5, 5.41) is 18.9. The maximum absolute atomic E-state index is 13.8. The molecule has 5 nitrogen and oxygen atoms in total. The largest absolute Gasteiger partial charge is 0.481 e. The van der Waals surface area contributed by atoms with E-state index >= 15 is 0 Å².